The molecule has 1 aromatic rings. The molecule has 0 radical (unpaired) electrons. The van der Waals surface area contributed by atoms with E-state index in [-0.39, 0.29) is 16.9 Å². The zero-order chi connectivity index (χ0) is 23.3. The average molecular weight is 458 g/mol. The third-order valence-electron chi connectivity index (χ3n) is 8.45. The topological polar surface area (TPSA) is 77.9 Å². The highest BCUT2D eigenvalue weighted by Crippen LogP contribution is 2.58. The number of rotatable bonds is 5. The molecule has 5 unspecified atom stereocenters. The van der Waals surface area contributed by atoms with Crippen LogP contribution in [0.2, 0.25) is 0 Å². The first-order chi connectivity index (χ1) is 16.0. The fraction of sp³-hybridized carbons (Fsp3) is 0.704. The van der Waals surface area contributed by atoms with Gasteiger partial charge >= 0.3 is 5.97 Å². The van der Waals surface area contributed by atoms with Crippen molar-refractivity contribution < 1.29 is 24.1 Å². The average Bonchev–Trinajstić information content (AvgIpc) is 3.41. The Bertz CT molecular complexity index is 815. The van der Waals surface area contributed by atoms with Gasteiger partial charge in [0, 0.05) is 12.1 Å². The Morgan fingerprint density at radius 3 is 2.76 bits per heavy atom. The molecule has 1 aliphatic heterocycles. The van der Waals surface area contributed by atoms with Crippen LogP contribution in [0.4, 0.5) is 0 Å². The number of aromatic nitrogens is 1. The van der Waals surface area contributed by atoms with Crippen molar-refractivity contribution in [1.82, 2.24) is 4.98 Å². The summed E-state index contributed by atoms with van der Waals surface area (Å²) in [5.41, 5.74) is 1.55. The third kappa shape index (κ3) is 5.43. The van der Waals surface area contributed by atoms with Crippen LogP contribution in [0.5, 0.6) is 5.88 Å². The van der Waals surface area contributed by atoms with E-state index in [4.69, 9.17) is 14.2 Å². The van der Waals surface area contributed by atoms with Crippen LogP contribution in [0.25, 0.3) is 0 Å². The zero-order valence-corrected chi connectivity index (χ0v) is 20.0. The standard InChI is InChI=1S/C22H29NO5.C5H10/c1-14-5-6-18-16-12-26-13-28-19(16)7-9-22(18,2)17(14)8-11-27-20-15(21(24)25)4-3-10-23-20;1-2-4-5-3-1/h3-4,10,16-19H,1,5-9,11-13H2,2H3,(H,24,25);1-5H2. The maximum atomic E-state index is 11.4. The molecule has 0 aromatic carbocycles. The maximum Gasteiger partial charge on any atom is 0.341 e. The second-order valence-corrected chi connectivity index (χ2v) is 10.3. The lowest BCUT2D eigenvalue weighted by atomic mass is 9.50. The first kappa shape index (κ1) is 24.2. The molecular formula is C27H39NO5. The summed E-state index contributed by atoms with van der Waals surface area (Å²) in [6, 6.07) is 3.13. The van der Waals surface area contributed by atoms with E-state index in [1.165, 1.54) is 43.7 Å². The smallest absolute Gasteiger partial charge is 0.341 e. The van der Waals surface area contributed by atoms with E-state index in [1.54, 1.807) is 12.3 Å². The lowest BCUT2D eigenvalue weighted by Gasteiger charge is -2.57. The van der Waals surface area contributed by atoms with Gasteiger partial charge in [-0.3, -0.25) is 0 Å². The second kappa shape index (κ2) is 11.0. The number of carboxylic acid groups (broad SMARTS) is 1. The number of hydrogen-bond acceptors (Lipinski definition) is 5. The minimum atomic E-state index is -1.02. The molecule has 0 amide bonds. The van der Waals surface area contributed by atoms with Crippen molar-refractivity contribution in [3.05, 3.63) is 36.0 Å². The highest BCUT2D eigenvalue weighted by molar-refractivity contribution is 5.90. The number of pyridine rings is 1. The largest absolute Gasteiger partial charge is 0.477 e. The molecule has 0 bridgehead atoms. The number of fused-ring (bicyclic) bond motifs is 3. The SMILES string of the molecule is C1CCCC1.C=C1CCC2C3COCOC3CCC2(C)C1CCOc1ncccc1C(=O)O. The third-order valence-corrected chi connectivity index (χ3v) is 8.45. The number of hydrogen-bond donors (Lipinski definition) is 1. The second-order valence-electron chi connectivity index (χ2n) is 10.3. The molecule has 5 atom stereocenters. The summed E-state index contributed by atoms with van der Waals surface area (Å²) in [5.74, 6) is 0.541. The van der Waals surface area contributed by atoms with Crippen LogP contribution in [0.15, 0.2) is 30.5 Å². The van der Waals surface area contributed by atoms with E-state index in [1.807, 2.05) is 0 Å². The molecule has 182 valence electrons. The molecule has 4 fully saturated rings. The van der Waals surface area contributed by atoms with Gasteiger partial charge in [-0.25, -0.2) is 9.78 Å². The summed E-state index contributed by atoms with van der Waals surface area (Å²) in [4.78, 5) is 15.4. The van der Waals surface area contributed by atoms with Crippen molar-refractivity contribution in [3.8, 4) is 5.88 Å². The van der Waals surface area contributed by atoms with Crippen LogP contribution in [0, 0.1) is 23.2 Å². The molecule has 6 nitrogen and oxygen atoms in total. The lowest BCUT2D eigenvalue weighted by molar-refractivity contribution is -0.218. The number of carbonyl (C=O) groups is 1. The van der Waals surface area contributed by atoms with Gasteiger partial charge in [-0.05, 0) is 61.5 Å². The summed E-state index contributed by atoms with van der Waals surface area (Å²) >= 11 is 0. The first-order valence-electron chi connectivity index (χ1n) is 12.7. The summed E-state index contributed by atoms with van der Waals surface area (Å²) in [6.07, 6.45) is 14.6. The Hall–Kier alpha value is -1.92. The van der Waals surface area contributed by atoms with Crippen molar-refractivity contribution in [1.29, 1.82) is 0 Å². The Balaban J connectivity index is 0.000000459. The summed E-state index contributed by atoms with van der Waals surface area (Å²) in [6.45, 7) is 8.41. The number of carboxylic acids is 1. The van der Waals surface area contributed by atoms with Crippen molar-refractivity contribution in [2.75, 3.05) is 20.0 Å². The van der Waals surface area contributed by atoms with Gasteiger partial charge in [0.05, 0.1) is 19.3 Å². The van der Waals surface area contributed by atoms with Gasteiger partial charge in [-0.2, -0.15) is 0 Å². The van der Waals surface area contributed by atoms with Crippen LogP contribution >= 0.6 is 0 Å². The van der Waals surface area contributed by atoms with Gasteiger partial charge in [-0.15, -0.1) is 0 Å². The van der Waals surface area contributed by atoms with Gasteiger partial charge in [0.25, 0.3) is 0 Å². The van der Waals surface area contributed by atoms with E-state index >= 15 is 0 Å². The van der Waals surface area contributed by atoms with Gasteiger partial charge < -0.3 is 19.3 Å². The van der Waals surface area contributed by atoms with E-state index in [0.717, 1.165) is 38.7 Å². The van der Waals surface area contributed by atoms with Crippen LogP contribution in [-0.4, -0.2) is 42.2 Å². The highest BCUT2D eigenvalue weighted by Gasteiger charge is 2.53. The zero-order valence-electron chi connectivity index (χ0n) is 20.0. The normalized spacial score (nSPS) is 33.3. The molecule has 3 aliphatic carbocycles. The molecule has 6 heteroatoms. The Morgan fingerprint density at radius 1 is 1.27 bits per heavy atom. The quantitative estimate of drug-likeness (QED) is 0.557. The fourth-order valence-electron chi connectivity index (χ4n) is 6.67. The Kier molecular flexibility index (Phi) is 8.07. The fourth-order valence-corrected chi connectivity index (χ4v) is 6.67. The van der Waals surface area contributed by atoms with Crippen LogP contribution in [0.3, 0.4) is 0 Å². The number of ether oxygens (including phenoxy) is 3. The molecule has 1 N–H and O–H groups in total. The van der Waals surface area contributed by atoms with Gasteiger partial charge in [0.2, 0.25) is 5.88 Å². The molecular weight excluding hydrogens is 418 g/mol. The lowest BCUT2D eigenvalue weighted by Crippen LogP contribution is -2.54. The van der Waals surface area contributed by atoms with Crippen molar-refractivity contribution >= 4 is 5.97 Å². The Morgan fingerprint density at radius 2 is 2.03 bits per heavy atom. The summed E-state index contributed by atoms with van der Waals surface area (Å²) in [7, 11) is 0. The molecule has 3 saturated carbocycles. The first-order valence-corrected chi connectivity index (χ1v) is 12.7. The van der Waals surface area contributed by atoms with Gasteiger partial charge in [0.15, 0.2) is 0 Å². The molecule has 1 saturated heterocycles. The number of nitrogens with zero attached hydrogens (tertiary/aromatic N) is 1. The number of allylic oxidation sites excluding steroid dienone is 1. The van der Waals surface area contributed by atoms with Gasteiger partial charge in [-0.1, -0.05) is 51.2 Å². The van der Waals surface area contributed by atoms with E-state index in [2.05, 4.69) is 18.5 Å². The van der Waals surface area contributed by atoms with Crippen molar-refractivity contribution in [3.63, 3.8) is 0 Å². The molecule has 5 rings (SSSR count). The molecule has 1 aromatic heterocycles. The van der Waals surface area contributed by atoms with E-state index in [0.29, 0.717) is 37.3 Å². The van der Waals surface area contributed by atoms with E-state index in [9.17, 15) is 9.90 Å². The van der Waals surface area contributed by atoms with Crippen LogP contribution in [0.1, 0.15) is 81.5 Å². The van der Waals surface area contributed by atoms with Crippen LogP contribution < -0.4 is 4.74 Å². The Labute approximate surface area is 197 Å². The minimum Gasteiger partial charge on any atom is -0.477 e. The van der Waals surface area contributed by atoms with Gasteiger partial charge in [0.1, 0.15) is 12.4 Å². The summed E-state index contributed by atoms with van der Waals surface area (Å²) in [5, 5.41) is 9.30. The van der Waals surface area contributed by atoms with Crippen molar-refractivity contribution in [2.45, 2.75) is 77.2 Å². The molecule has 2 heterocycles. The minimum absolute atomic E-state index is 0.103. The molecule has 4 aliphatic rings. The monoisotopic (exact) mass is 457 g/mol. The van der Waals surface area contributed by atoms with Crippen molar-refractivity contribution in [2.24, 2.45) is 23.2 Å². The van der Waals surface area contributed by atoms with E-state index < -0.39 is 5.97 Å². The maximum absolute atomic E-state index is 11.4. The van der Waals surface area contributed by atoms with Crippen LogP contribution in [-0.2, 0) is 9.47 Å². The predicted molar refractivity (Wildman–Crippen MR) is 126 cm³/mol. The molecule has 33 heavy (non-hydrogen) atoms. The predicted octanol–water partition coefficient (Wildman–Crippen LogP) is 5.87. The molecule has 0 spiro atoms. The highest BCUT2D eigenvalue weighted by atomic mass is 16.7. The summed E-state index contributed by atoms with van der Waals surface area (Å²) < 4.78 is 17.3. The number of aromatic carboxylic acids is 1.